The number of anilines is 1. The van der Waals surface area contributed by atoms with Gasteiger partial charge in [0.1, 0.15) is 18.2 Å². The number of methoxy groups -OCH3 is 1. The average Bonchev–Trinajstić information content (AvgIpc) is 2.83. The van der Waals surface area contributed by atoms with Crippen LogP contribution >= 0.6 is 27.5 Å². The van der Waals surface area contributed by atoms with Crippen LogP contribution in [0.1, 0.15) is 21.5 Å². The molecule has 3 aromatic rings. The maximum absolute atomic E-state index is 12.6. The number of carbonyl (C=O) groups excluding carboxylic acids is 1. The van der Waals surface area contributed by atoms with Gasteiger partial charge in [0.2, 0.25) is 0 Å². The number of benzene rings is 3. The number of carboxylic acid groups (broad SMARTS) is 1. The molecule has 0 fully saturated rings. The Morgan fingerprint density at radius 1 is 1.18 bits per heavy atom. The van der Waals surface area contributed by atoms with Gasteiger partial charge in [0.15, 0.2) is 11.5 Å². The van der Waals surface area contributed by atoms with Crippen LogP contribution in [0.2, 0.25) is 5.02 Å². The molecule has 9 heteroatoms. The summed E-state index contributed by atoms with van der Waals surface area (Å²) >= 11 is 9.51. The van der Waals surface area contributed by atoms with Gasteiger partial charge < -0.3 is 19.9 Å². The van der Waals surface area contributed by atoms with Crippen molar-refractivity contribution in [1.29, 1.82) is 5.26 Å². The number of aromatic carboxylic acids is 1. The molecular weight excluding hydrogens is 524 g/mol. The van der Waals surface area contributed by atoms with E-state index in [0.29, 0.717) is 32.2 Å². The Labute approximate surface area is 209 Å². The number of hydrogen-bond donors (Lipinski definition) is 2. The lowest BCUT2D eigenvalue weighted by Gasteiger charge is -2.14. The Kier molecular flexibility index (Phi) is 8.30. The molecule has 0 saturated carbocycles. The molecule has 0 aliphatic rings. The summed E-state index contributed by atoms with van der Waals surface area (Å²) in [5.74, 6) is -0.804. The molecule has 172 valence electrons. The molecule has 0 bridgehead atoms. The predicted molar refractivity (Wildman–Crippen MR) is 132 cm³/mol. The minimum absolute atomic E-state index is 0.124. The number of carboxylic acids is 1. The van der Waals surface area contributed by atoms with Crippen molar-refractivity contribution >= 4 is 51.2 Å². The summed E-state index contributed by atoms with van der Waals surface area (Å²) in [5.41, 5.74) is 1.76. The molecule has 2 N–H and O–H groups in total. The molecule has 0 aliphatic carbocycles. The smallest absolute Gasteiger partial charge is 0.335 e. The van der Waals surface area contributed by atoms with Crippen LogP contribution in [0.15, 0.2) is 70.7 Å². The highest BCUT2D eigenvalue weighted by molar-refractivity contribution is 9.10. The van der Waals surface area contributed by atoms with E-state index in [4.69, 9.17) is 26.2 Å². The van der Waals surface area contributed by atoms with E-state index in [1.165, 1.54) is 25.3 Å². The van der Waals surface area contributed by atoms with E-state index in [1.54, 1.807) is 48.5 Å². The third-order valence-corrected chi connectivity index (χ3v) is 5.55. The number of rotatable bonds is 8. The second-order valence-electron chi connectivity index (χ2n) is 6.93. The van der Waals surface area contributed by atoms with Gasteiger partial charge in [-0.05, 0) is 69.5 Å². The Balaban J connectivity index is 1.80. The third kappa shape index (κ3) is 6.16. The van der Waals surface area contributed by atoms with Gasteiger partial charge in [-0.2, -0.15) is 5.26 Å². The number of nitrogens with zero attached hydrogens (tertiary/aromatic N) is 1. The molecule has 0 unspecified atom stereocenters. The van der Waals surface area contributed by atoms with Crippen LogP contribution in [-0.2, 0) is 11.4 Å². The Morgan fingerprint density at radius 2 is 1.88 bits per heavy atom. The van der Waals surface area contributed by atoms with E-state index in [9.17, 15) is 14.9 Å². The second-order valence-corrected chi connectivity index (χ2v) is 8.19. The van der Waals surface area contributed by atoms with Crippen LogP contribution in [0, 0.1) is 11.3 Å². The van der Waals surface area contributed by atoms with E-state index < -0.39 is 11.9 Å². The van der Waals surface area contributed by atoms with Gasteiger partial charge in [-0.25, -0.2) is 4.79 Å². The molecule has 0 atom stereocenters. The minimum atomic E-state index is -1.00. The van der Waals surface area contributed by atoms with E-state index in [-0.39, 0.29) is 17.7 Å². The molecule has 0 saturated heterocycles. The number of hydrogen-bond acceptors (Lipinski definition) is 5. The summed E-state index contributed by atoms with van der Waals surface area (Å²) in [7, 11) is 1.47. The quantitative estimate of drug-likeness (QED) is 0.270. The summed E-state index contributed by atoms with van der Waals surface area (Å²) in [4.78, 5) is 23.6. The molecule has 3 rings (SSSR count). The van der Waals surface area contributed by atoms with Crippen LogP contribution in [-0.4, -0.2) is 24.1 Å². The first kappa shape index (κ1) is 24.8. The first-order chi connectivity index (χ1) is 16.3. The summed E-state index contributed by atoms with van der Waals surface area (Å²) in [6.07, 6.45) is 1.42. The summed E-state index contributed by atoms with van der Waals surface area (Å²) < 4.78 is 11.8. The molecular formula is C25H18BrClN2O5. The molecule has 7 nitrogen and oxygen atoms in total. The molecule has 0 spiro atoms. The van der Waals surface area contributed by atoms with Gasteiger partial charge in [0.25, 0.3) is 5.91 Å². The van der Waals surface area contributed by atoms with Crippen molar-refractivity contribution in [3.63, 3.8) is 0 Å². The number of carbonyl (C=O) groups is 2. The summed E-state index contributed by atoms with van der Waals surface area (Å²) in [5, 5.41) is 21.5. The van der Waals surface area contributed by atoms with Gasteiger partial charge in [0.05, 0.1) is 27.9 Å². The van der Waals surface area contributed by atoms with Crippen molar-refractivity contribution in [3.05, 3.63) is 92.4 Å². The van der Waals surface area contributed by atoms with E-state index in [1.807, 2.05) is 6.07 Å². The topological polar surface area (TPSA) is 109 Å². The number of para-hydroxylation sites is 1. The molecule has 3 aromatic carbocycles. The van der Waals surface area contributed by atoms with Crippen LogP contribution in [0.25, 0.3) is 6.08 Å². The Hall–Kier alpha value is -3.80. The van der Waals surface area contributed by atoms with Crippen molar-refractivity contribution < 1.29 is 24.2 Å². The molecule has 0 radical (unpaired) electrons. The molecule has 1 amide bonds. The van der Waals surface area contributed by atoms with Gasteiger partial charge in [-0.3, -0.25) is 4.79 Å². The average molecular weight is 542 g/mol. The standard InChI is InChI=1S/C25H18BrClN2O5/c1-33-22-12-16(10-18(13-28)24(30)29-21-5-3-2-4-20(21)27)11-19(26)23(22)34-14-15-6-8-17(9-7-15)25(31)32/h2-12H,14H2,1H3,(H,29,30)(H,31,32)/b18-10+. The SMILES string of the molecule is COc1cc(/C=C(\C#N)C(=O)Nc2ccccc2Cl)cc(Br)c1OCc1ccc(C(=O)O)cc1. The predicted octanol–water partition coefficient (Wildman–Crippen LogP) is 5.93. The summed E-state index contributed by atoms with van der Waals surface area (Å²) in [6.45, 7) is 0.174. The summed E-state index contributed by atoms with van der Waals surface area (Å²) in [6, 6.07) is 18.3. The lowest BCUT2D eigenvalue weighted by molar-refractivity contribution is -0.112. The minimum Gasteiger partial charge on any atom is -0.493 e. The lowest BCUT2D eigenvalue weighted by atomic mass is 10.1. The largest absolute Gasteiger partial charge is 0.493 e. The van der Waals surface area contributed by atoms with Gasteiger partial charge in [-0.15, -0.1) is 0 Å². The van der Waals surface area contributed by atoms with E-state index in [0.717, 1.165) is 5.56 Å². The van der Waals surface area contributed by atoms with Crippen molar-refractivity contribution in [1.82, 2.24) is 0 Å². The normalized spacial score (nSPS) is 10.8. The molecule has 34 heavy (non-hydrogen) atoms. The van der Waals surface area contributed by atoms with Gasteiger partial charge >= 0.3 is 5.97 Å². The van der Waals surface area contributed by atoms with Gasteiger partial charge in [-0.1, -0.05) is 35.9 Å². The Bertz CT molecular complexity index is 1300. The van der Waals surface area contributed by atoms with Crippen molar-refractivity contribution in [2.75, 3.05) is 12.4 Å². The van der Waals surface area contributed by atoms with Crippen LogP contribution in [0.4, 0.5) is 5.69 Å². The maximum atomic E-state index is 12.6. The molecule has 0 aromatic heterocycles. The Morgan fingerprint density at radius 3 is 2.50 bits per heavy atom. The molecule has 0 heterocycles. The first-order valence-corrected chi connectivity index (χ1v) is 11.0. The third-order valence-electron chi connectivity index (χ3n) is 4.63. The number of halogens is 2. The molecule has 0 aliphatic heterocycles. The van der Waals surface area contributed by atoms with Crippen LogP contribution < -0.4 is 14.8 Å². The number of nitrogens with one attached hydrogen (secondary N) is 1. The maximum Gasteiger partial charge on any atom is 0.335 e. The zero-order valence-electron chi connectivity index (χ0n) is 17.8. The van der Waals surface area contributed by atoms with E-state index >= 15 is 0 Å². The number of ether oxygens (including phenoxy) is 2. The van der Waals surface area contributed by atoms with Crippen LogP contribution in [0.3, 0.4) is 0 Å². The fourth-order valence-electron chi connectivity index (χ4n) is 2.93. The fraction of sp³-hybridized carbons (Fsp3) is 0.0800. The highest BCUT2D eigenvalue weighted by atomic mass is 79.9. The van der Waals surface area contributed by atoms with Crippen molar-refractivity contribution in [3.8, 4) is 17.6 Å². The highest BCUT2D eigenvalue weighted by Gasteiger charge is 2.15. The second kappa shape index (κ2) is 11.4. The number of amides is 1. The monoisotopic (exact) mass is 540 g/mol. The lowest BCUT2D eigenvalue weighted by Crippen LogP contribution is -2.13. The number of nitriles is 1. The zero-order valence-corrected chi connectivity index (χ0v) is 20.2. The van der Waals surface area contributed by atoms with Crippen LogP contribution in [0.5, 0.6) is 11.5 Å². The fourth-order valence-corrected chi connectivity index (χ4v) is 3.69. The van der Waals surface area contributed by atoms with Crippen molar-refractivity contribution in [2.45, 2.75) is 6.61 Å². The van der Waals surface area contributed by atoms with Gasteiger partial charge in [0, 0.05) is 0 Å². The van der Waals surface area contributed by atoms with Crippen molar-refractivity contribution in [2.24, 2.45) is 0 Å². The first-order valence-electron chi connectivity index (χ1n) is 9.82. The zero-order chi connectivity index (χ0) is 24.7. The highest BCUT2D eigenvalue weighted by Crippen LogP contribution is 2.38. The van der Waals surface area contributed by atoms with E-state index in [2.05, 4.69) is 21.2 Å².